The summed E-state index contributed by atoms with van der Waals surface area (Å²) in [6.45, 7) is 2.83. The van der Waals surface area contributed by atoms with E-state index in [0.717, 1.165) is 6.92 Å². The first-order valence-corrected chi connectivity index (χ1v) is 10.8. The van der Waals surface area contributed by atoms with Crippen LogP contribution in [0.3, 0.4) is 0 Å². The highest BCUT2D eigenvalue weighted by Crippen LogP contribution is 2.48. The normalized spacial score (nSPS) is 13.3. The van der Waals surface area contributed by atoms with E-state index < -0.39 is 24.4 Å². The number of hydrogen-bond donors (Lipinski definition) is 2. The number of nitrogens with zero attached hydrogens (tertiary/aromatic N) is 1. The van der Waals surface area contributed by atoms with Crippen LogP contribution in [0.4, 0.5) is 4.39 Å². The molecule has 0 aliphatic heterocycles. The van der Waals surface area contributed by atoms with Gasteiger partial charge in [-0.3, -0.25) is 9.59 Å². The van der Waals surface area contributed by atoms with Crippen LogP contribution >= 0.6 is 18.7 Å². The topological polar surface area (TPSA) is 117 Å². The second-order valence-electron chi connectivity index (χ2n) is 6.69. The molecule has 1 aromatic heterocycles. The third-order valence-corrected chi connectivity index (χ3v) is 7.87. The van der Waals surface area contributed by atoms with Crippen LogP contribution in [0, 0.1) is 24.1 Å². The Morgan fingerprint density at radius 2 is 2.00 bits per heavy atom. The number of nitrogens with one attached hydrogen (secondary N) is 1. The Labute approximate surface area is 176 Å². The van der Waals surface area contributed by atoms with Crippen molar-refractivity contribution >= 4 is 57.8 Å². The first-order chi connectivity index (χ1) is 14.1. The number of halogens is 2. The van der Waals surface area contributed by atoms with Gasteiger partial charge in [-0.15, -0.1) is 0 Å². The Hall–Kier alpha value is -3.20. The number of nitrogens with two attached hydrogens (primary N) is 1. The maximum Gasteiger partial charge on any atom is 0.265 e. The van der Waals surface area contributed by atoms with E-state index in [-0.39, 0.29) is 32.2 Å². The van der Waals surface area contributed by atoms with Crippen LogP contribution in [0.25, 0.3) is 17.0 Å². The zero-order valence-electron chi connectivity index (χ0n) is 16.0. The van der Waals surface area contributed by atoms with Crippen LogP contribution in [-0.2, 0) is 9.36 Å². The molecule has 0 bridgehead atoms. The number of hydrogen-bond acceptors (Lipinski definition) is 4. The van der Waals surface area contributed by atoms with Crippen molar-refractivity contribution in [3.05, 3.63) is 64.1 Å². The number of carbonyl (C=O) groups excluding carboxylic acids is 2. The summed E-state index contributed by atoms with van der Waals surface area (Å²) in [5.74, 6) is -1.90. The van der Waals surface area contributed by atoms with Gasteiger partial charge in [0.25, 0.3) is 5.91 Å². The van der Waals surface area contributed by atoms with Crippen molar-refractivity contribution in [2.75, 3.05) is 0 Å². The van der Waals surface area contributed by atoms with Crippen molar-refractivity contribution < 1.29 is 18.5 Å². The molecule has 0 saturated heterocycles. The van der Waals surface area contributed by atoms with Gasteiger partial charge in [-0.1, -0.05) is 17.7 Å². The Bertz CT molecular complexity index is 1340. The smallest absolute Gasteiger partial charge is 0.265 e. The van der Waals surface area contributed by atoms with Crippen molar-refractivity contribution in [1.82, 2.24) is 4.98 Å². The number of aromatic nitrogens is 1. The monoisotopic (exact) mass is 443 g/mol. The molecule has 1 heterocycles. The molecule has 152 valence electrons. The highest BCUT2D eigenvalue weighted by atomic mass is 35.5. The van der Waals surface area contributed by atoms with Crippen LogP contribution in [0.15, 0.2) is 36.4 Å². The fraction of sp³-hybridized carbons (Fsp3) is 0.0952. The summed E-state index contributed by atoms with van der Waals surface area (Å²) in [5.41, 5.74) is 5.70. The lowest BCUT2D eigenvalue weighted by molar-refractivity contribution is -0.109. The molecule has 0 unspecified atom stereocenters. The lowest BCUT2D eigenvalue weighted by atomic mass is 10.1. The number of primary amides is 1. The number of H-pyrrole nitrogens is 1. The summed E-state index contributed by atoms with van der Waals surface area (Å²) in [6, 6.07) is 9.27. The van der Waals surface area contributed by atoms with Crippen LogP contribution in [-0.4, -0.2) is 16.4 Å². The summed E-state index contributed by atoms with van der Waals surface area (Å²) < 4.78 is 29.3. The van der Waals surface area contributed by atoms with Crippen molar-refractivity contribution in [1.29, 1.82) is 5.26 Å². The van der Waals surface area contributed by atoms with E-state index >= 15 is 0 Å². The fourth-order valence-corrected chi connectivity index (χ4v) is 6.20. The van der Waals surface area contributed by atoms with E-state index in [2.05, 4.69) is 4.98 Å². The highest BCUT2D eigenvalue weighted by molar-refractivity contribution is 7.93. The Kier molecular flexibility index (Phi) is 5.67. The molecule has 3 rings (SSSR count). The zero-order chi connectivity index (χ0) is 22.2. The molecule has 0 spiro atoms. The van der Waals surface area contributed by atoms with Crippen molar-refractivity contribution in [2.24, 2.45) is 5.73 Å². The number of carbonyl (C=O) groups is 2. The van der Waals surface area contributed by atoms with E-state index in [1.165, 1.54) is 36.4 Å². The van der Waals surface area contributed by atoms with E-state index in [9.17, 15) is 18.5 Å². The molecular formula is C21H16ClFN3O3P. The minimum absolute atomic E-state index is 0.0929. The average Bonchev–Trinajstić information content (AvgIpc) is 3.09. The third kappa shape index (κ3) is 3.45. The second kappa shape index (κ2) is 7.91. The standard InChI is InChI=1S/C21H16ClFN3O3P/c1-11-8-13(4-3-7-24)10-14(9-11)30(29,12(2)27)20-17-16(26-19(20)21(25)28)6-5-15(22)18(17)23/h3-6,8-10,26H,1-2H3,(H2,25,28)/b4-3+/t30-/m1/s1. The molecule has 1 amide bonds. The van der Waals surface area contributed by atoms with Gasteiger partial charge in [0, 0.05) is 29.2 Å². The number of amides is 1. The van der Waals surface area contributed by atoms with E-state index in [4.69, 9.17) is 22.6 Å². The Morgan fingerprint density at radius 1 is 1.30 bits per heavy atom. The van der Waals surface area contributed by atoms with Gasteiger partial charge in [0.2, 0.25) is 7.14 Å². The summed E-state index contributed by atoms with van der Waals surface area (Å²) in [7, 11) is -4.20. The van der Waals surface area contributed by atoms with E-state index in [0.29, 0.717) is 11.1 Å². The molecule has 3 aromatic rings. The van der Waals surface area contributed by atoms with Crippen LogP contribution < -0.4 is 16.3 Å². The molecule has 0 radical (unpaired) electrons. The predicted molar refractivity (Wildman–Crippen MR) is 115 cm³/mol. The largest absolute Gasteiger partial charge is 0.364 e. The number of aryl methyl sites for hydroxylation is 1. The molecular weight excluding hydrogens is 428 g/mol. The molecule has 6 nitrogen and oxygen atoms in total. The molecule has 0 fully saturated rings. The molecule has 0 saturated carbocycles. The lowest BCUT2D eigenvalue weighted by Gasteiger charge is -2.18. The summed E-state index contributed by atoms with van der Waals surface area (Å²) >= 11 is 5.91. The molecule has 1 atom stereocenters. The van der Waals surface area contributed by atoms with Crippen LogP contribution in [0.5, 0.6) is 0 Å². The van der Waals surface area contributed by atoms with Gasteiger partial charge in [-0.2, -0.15) is 5.26 Å². The SMILES string of the molecule is CC(=O)[P@@](=O)(c1cc(C)cc(/C=C/C#N)c1)c1c(C(N)=O)[nH]c2ccc(Cl)c(F)c12. The summed E-state index contributed by atoms with van der Waals surface area (Å²) in [4.78, 5) is 27.6. The van der Waals surface area contributed by atoms with Gasteiger partial charge in [0.1, 0.15) is 5.69 Å². The fourth-order valence-electron chi connectivity index (χ4n) is 3.37. The first-order valence-electron chi connectivity index (χ1n) is 8.71. The zero-order valence-corrected chi connectivity index (χ0v) is 17.6. The number of fused-ring (bicyclic) bond motifs is 1. The van der Waals surface area contributed by atoms with Crippen molar-refractivity contribution in [3.63, 3.8) is 0 Å². The minimum atomic E-state index is -4.20. The van der Waals surface area contributed by atoms with Gasteiger partial charge in [0.05, 0.1) is 16.4 Å². The van der Waals surface area contributed by atoms with Gasteiger partial charge in [-0.25, -0.2) is 4.39 Å². The number of benzene rings is 2. The van der Waals surface area contributed by atoms with Crippen molar-refractivity contribution in [2.45, 2.75) is 13.8 Å². The van der Waals surface area contributed by atoms with Gasteiger partial charge < -0.3 is 15.3 Å². The summed E-state index contributed by atoms with van der Waals surface area (Å²) in [6.07, 6.45) is 2.72. The third-order valence-electron chi connectivity index (χ3n) is 4.63. The molecule has 0 aliphatic rings. The Morgan fingerprint density at radius 3 is 2.60 bits per heavy atom. The minimum Gasteiger partial charge on any atom is -0.364 e. The molecule has 0 aliphatic carbocycles. The Balaban J connectivity index is 2.49. The van der Waals surface area contributed by atoms with Crippen molar-refractivity contribution in [3.8, 4) is 6.07 Å². The number of nitriles is 1. The first kappa shape index (κ1) is 21.5. The van der Waals surface area contributed by atoms with Crippen LogP contribution in [0.2, 0.25) is 5.02 Å². The van der Waals surface area contributed by atoms with Gasteiger partial charge >= 0.3 is 0 Å². The maximum atomic E-state index is 15.0. The van der Waals surface area contributed by atoms with E-state index in [1.807, 2.05) is 6.07 Å². The lowest BCUT2D eigenvalue weighted by Crippen LogP contribution is -2.28. The average molecular weight is 444 g/mol. The van der Waals surface area contributed by atoms with E-state index in [1.54, 1.807) is 13.0 Å². The molecule has 30 heavy (non-hydrogen) atoms. The number of rotatable bonds is 5. The molecule has 9 heteroatoms. The molecule has 2 aromatic carbocycles. The highest BCUT2D eigenvalue weighted by Gasteiger charge is 2.40. The quantitative estimate of drug-likeness (QED) is 0.461. The summed E-state index contributed by atoms with van der Waals surface area (Å²) in [5, 5.41) is 8.10. The maximum absolute atomic E-state index is 15.0. The predicted octanol–water partition coefficient (Wildman–Crippen LogP) is 3.76. The number of aromatic amines is 1. The molecule has 3 N–H and O–H groups in total. The van der Waals surface area contributed by atoms with Gasteiger partial charge in [0.15, 0.2) is 11.3 Å². The van der Waals surface area contributed by atoms with Crippen LogP contribution in [0.1, 0.15) is 28.5 Å². The van der Waals surface area contributed by atoms with Gasteiger partial charge in [-0.05, 0) is 48.4 Å². The number of allylic oxidation sites excluding steroid dienone is 1. The second-order valence-corrected chi connectivity index (χ2v) is 9.91.